The number of carbonyl (C=O) groups excluding carboxylic acids is 2. The minimum atomic E-state index is -0.419. The summed E-state index contributed by atoms with van der Waals surface area (Å²) in [7, 11) is 0. The fourth-order valence-electron chi connectivity index (χ4n) is 1.06. The lowest BCUT2D eigenvalue weighted by molar-refractivity contribution is -0.120. The summed E-state index contributed by atoms with van der Waals surface area (Å²) >= 11 is 0. The van der Waals surface area contributed by atoms with Gasteiger partial charge in [-0.05, 0) is 6.42 Å². The third-order valence-corrected chi connectivity index (χ3v) is 1.90. The van der Waals surface area contributed by atoms with E-state index >= 15 is 0 Å². The third-order valence-electron chi connectivity index (χ3n) is 1.90. The molecule has 0 atom stereocenters. The van der Waals surface area contributed by atoms with Crippen LogP contribution in [-0.4, -0.2) is 35.1 Å². The van der Waals surface area contributed by atoms with E-state index in [0.29, 0.717) is 6.54 Å². The van der Waals surface area contributed by atoms with E-state index in [1.54, 1.807) is 0 Å². The number of amides is 2. The molecule has 5 N–H and O–H groups in total. The van der Waals surface area contributed by atoms with Crippen LogP contribution in [0.1, 0.15) is 23.7 Å². The van der Waals surface area contributed by atoms with Crippen molar-refractivity contribution in [2.45, 2.75) is 13.3 Å². The van der Waals surface area contributed by atoms with Crippen LogP contribution >= 0.6 is 0 Å². The predicted octanol–water partition coefficient (Wildman–Crippen LogP) is -0.752. The molecule has 0 unspecified atom stereocenters. The lowest BCUT2D eigenvalue weighted by atomic mass is 10.3. The summed E-state index contributed by atoms with van der Waals surface area (Å²) in [6.45, 7) is 2.48. The van der Waals surface area contributed by atoms with Crippen LogP contribution in [0, 0.1) is 0 Å². The van der Waals surface area contributed by atoms with Gasteiger partial charge in [0.1, 0.15) is 11.4 Å². The molecule has 7 nitrogen and oxygen atoms in total. The maximum Gasteiger partial charge on any atom is 0.257 e. The summed E-state index contributed by atoms with van der Waals surface area (Å²) in [5.74, 6) is -0.457. The third kappa shape index (κ3) is 3.26. The Labute approximate surface area is 92.8 Å². The van der Waals surface area contributed by atoms with Gasteiger partial charge in [0.2, 0.25) is 5.91 Å². The smallest absolute Gasteiger partial charge is 0.257 e. The molecule has 1 aromatic rings. The molecule has 0 aromatic carbocycles. The second-order valence-electron chi connectivity index (χ2n) is 3.23. The predicted molar refractivity (Wildman–Crippen MR) is 58.6 cm³/mol. The molecular formula is C9H15N5O2. The number of aromatic amines is 1. The monoisotopic (exact) mass is 225 g/mol. The van der Waals surface area contributed by atoms with Crippen LogP contribution in [0.4, 0.5) is 5.82 Å². The maximum atomic E-state index is 11.5. The maximum absolute atomic E-state index is 11.5. The highest BCUT2D eigenvalue weighted by Crippen LogP contribution is 2.04. The van der Waals surface area contributed by atoms with Gasteiger partial charge in [-0.25, -0.2) is 0 Å². The Morgan fingerprint density at radius 2 is 2.25 bits per heavy atom. The fraction of sp³-hybridized carbons (Fsp3) is 0.444. The molecule has 1 heterocycles. The number of rotatable bonds is 5. The van der Waals surface area contributed by atoms with Gasteiger partial charge in [0.15, 0.2) is 0 Å². The second kappa shape index (κ2) is 5.74. The highest BCUT2D eigenvalue weighted by molar-refractivity contribution is 5.99. The first-order valence-corrected chi connectivity index (χ1v) is 4.99. The minimum absolute atomic E-state index is 0.0660. The molecule has 0 radical (unpaired) electrons. The van der Waals surface area contributed by atoms with Crippen LogP contribution in [0.3, 0.4) is 0 Å². The number of nitrogen functional groups attached to an aromatic ring is 1. The van der Waals surface area contributed by atoms with Gasteiger partial charge < -0.3 is 16.4 Å². The second-order valence-corrected chi connectivity index (χ2v) is 3.23. The van der Waals surface area contributed by atoms with Crippen molar-refractivity contribution in [2.75, 3.05) is 18.8 Å². The summed E-state index contributed by atoms with van der Waals surface area (Å²) in [4.78, 5) is 22.7. The Balaban J connectivity index is 2.36. The van der Waals surface area contributed by atoms with E-state index in [2.05, 4.69) is 20.8 Å². The van der Waals surface area contributed by atoms with Gasteiger partial charge in [0.05, 0.1) is 12.7 Å². The number of hydrogen-bond donors (Lipinski definition) is 4. The SMILES string of the molecule is CCCNC(=O)CNC(=O)c1cn[nH]c1N. The zero-order valence-electron chi connectivity index (χ0n) is 9.04. The van der Waals surface area contributed by atoms with E-state index < -0.39 is 5.91 Å². The van der Waals surface area contributed by atoms with Crippen LogP contribution in [0.15, 0.2) is 6.20 Å². The summed E-state index contributed by atoms with van der Waals surface area (Å²) in [6, 6.07) is 0. The molecule has 0 saturated heterocycles. The lowest BCUT2D eigenvalue weighted by Crippen LogP contribution is -2.37. The lowest BCUT2D eigenvalue weighted by Gasteiger charge is -2.04. The van der Waals surface area contributed by atoms with E-state index in [4.69, 9.17) is 5.73 Å². The average Bonchev–Trinajstić information content (AvgIpc) is 2.69. The largest absolute Gasteiger partial charge is 0.383 e. The highest BCUT2D eigenvalue weighted by atomic mass is 16.2. The van der Waals surface area contributed by atoms with E-state index in [9.17, 15) is 9.59 Å². The van der Waals surface area contributed by atoms with Crippen LogP contribution in [0.25, 0.3) is 0 Å². The number of H-pyrrole nitrogens is 1. The zero-order valence-corrected chi connectivity index (χ0v) is 9.04. The van der Waals surface area contributed by atoms with Crippen molar-refractivity contribution in [3.63, 3.8) is 0 Å². The normalized spacial score (nSPS) is 9.81. The first-order chi connectivity index (χ1) is 7.65. The van der Waals surface area contributed by atoms with Gasteiger partial charge in [-0.1, -0.05) is 6.92 Å². The molecule has 16 heavy (non-hydrogen) atoms. The standard InChI is InChI=1S/C9H15N5O2/c1-2-3-11-7(15)5-12-9(16)6-4-13-14-8(6)10/h4H,2-3,5H2,1H3,(H,11,15)(H,12,16)(H3,10,13,14). The Hall–Kier alpha value is -2.05. The van der Waals surface area contributed by atoms with E-state index in [-0.39, 0.29) is 23.8 Å². The fourth-order valence-corrected chi connectivity index (χ4v) is 1.06. The van der Waals surface area contributed by atoms with Crippen LogP contribution < -0.4 is 16.4 Å². The Morgan fingerprint density at radius 3 is 2.81 bits per heavy atom. The first-order valence-electron chi connectivity index (χ1n) is 4.99. The van der Waals surface area contributed by atoms with Gasteiger partial charge in [-0.2, -0.15) is 5.10 Å². The molecule has 0 saturated carbocycles. The van der Waals surface area contributed by atoms with Gasteiger partial charge in [0, 0.05) is 6.54 Å². The molecule has 0 aliphatic heterocycles. The van der Waals surface area contributed by atoms with E-state index in [0.717, 1.165) is 6.42 Å². The molecule has 1 aromatic heterocycles. The minimum Gasteiger partial charge on any atom is -0.383 e. The molecule has 7 heteroatoms. The van der Waals surface area contributed by atoms with Crippen molar-refractivity contribution in [1.82, 2.24) is 20.8 Å². The topological polar surface area (TPSA) is 113 Å². The van der Waals surface area contributed by atoms with Crippen molar-refractivity contribution >= 4 is 17.6 Å². The summed E-state index contributed by atoms with van der Waals surface area (Å²) in [5, 5.41) is 11.1. The summed E-state index contributed by atoms with van der Waals surface area (Å²) in [5.41, 5.74) is 5.69. The number of hydrogen-bond acceptors (Lipinski definition) is 4. The van der Waals surface area contributed by atoms with Crippen LogP contribution in [0.2, 0.25) is 0 Å². The molecule has 0 aliphatic carbocycles. The molecule has 2 amide bonds. The number of carbonyl (C=O) groups is 2. The van der Waals surface area contributed by atoms with Crippen molar-refractivity contribution in [3.05, 3.63) is 11.8 Å². The highest BCUT2D eigenvalue weighted by Gasteiger charge is 2.12. The number of aromatic nitrogens is 2. The van der Waals surface area contributed by atoms with Gasteiger partial charge in [-0.15, -0.1) is 0 Å². The summed E-state index contributed by atoms with van der Waals surface area (Å²) < 4.78 is 0. The average molecular weight is 225 g/mol. The van der Waals surface area contributed by atoms with Crippen LogP contribution in [0.5, 0.6) is 0 Å². The Kier molecular flexibility index (Phi) is 4.31. The zero-order chi connectivity index (χ0) is 12.0. The number of nitrogens with zero attached hydrogens (tertiary/aromatic N) is 1. The summed E-state index contributed by atoms with van der Waals surface area (Å²) in [6.07, 6.45) is 2.17. The van der Waals surface area contributed by atoms with Crippen LogP contribution in [-0.2, 0) is 4.79 Å². The molecule has 0 fully saturated rings. The van der Waals surface area contributed by atoms with Crippen molar-refractivity contribution in [2.24, 2.45) is 0 Å². The molecule has 0 spiro atoms. The molecule has 0 bridgehead atoms. The Bertz CT molecular complexity index is 374. The quantitative estimate of drug-likeness (QED) is 0.528. The van der Waals surface area contributed by atoms with E-state index in [1.807, 2.05) is 6.92 Å². The number of nitrogens with two attached hydrogens (primary N) is 1. The van der Waals surface area contributed by atoms with Gasteiger partial charge in [-0.3, -0.25) is 14.7 Å². The van der Waals surface area contributed by atoms with Crippen molar-refractivity contribution in [1.29, 1.82) is 0 Å². The van der Waals surface area contributed by atoms with E-state index in [1.165, 1.54) is 6.20 Å². The first kappa shape index (κ1) is 12.0. The number of nitrogens with one attached hydrogen (secondary N) is 3. The molecular weight excluding hydrogens is 210 g/mol. The molecule has 88 valence electrons. The number of anilines is 1. The van der Waals surface area contributed by atoms with Crippen molar-refractivity contribution < 1.29 is 9.59 Å². The van der Waals surface area contributed by atoms with Gasteiger partial charge >= 0.3 is 0 Å². The van der Waals surface area contributed by atoms with Crippen molar-refractivity contribution in [3.8, 4) is 0 Å². The molecule has 0 aliphatic rings. The molecule has 1 rings (SSSR count). The van der Waals surface area contributed by atoms with Gasteiger partial charge in [0.25, 0.3) is 5.91 Å². The Morgan fingerprint density at radius 1 is 1.50 bits per heavy atom.